The van der Waals surface area contributed by atoms with E-state index < -0.39 is 36.0 Å². The SMILES string of the molecule is [2H][C@@]1(C(=O)O[C@H](C)CC(=O)N[C@H](C)C(=O)OCC)C[C@H]2C[C@@H](CCc3nn[nH]n3)CC[C@H]2CN1. The van der Waals surface area contributed by atoms with Crippen LogP contribution in [0.15, 0.2) is 0 Å². The van der Waals surface area contributed by atoms with E-state index in [0.29, 0.717) is 30.6 Å². The Morgan fingerprint density at radius 2 is 2.06 bits per heavy atom. The molecule has 1 saturated heterocycles. The number of amides is 1. The Hall–Kier alpha value is -2.56. The number of carbonyl (C=O) groups excluding carboxylic acids is 3. The summed E-state index contributed by atoms with van der Waals surface area (Å²) >= 11 is 0. The van der Waals surface area contributed by atoms with Crippen molar-refractivity contribution in [2.75, 3.05) is 13.2 Å². The summed E-state index contributed by atoms with van der Waals surface area (Å²) in [5.74, 6) is 0.309. The minimum atomic E-state index is -1.53. The lowest BCUT2D eigenvalue weighted by Gasteiger charge is -2.42. The van der Waals surface area contributed by atoms with Crippen molar-refractivity contribution in [2.24, 2.45) is 17.8 Å². The van der Waals surface area contributed by atoms with Crippen molar-refractivity contribution >= 4 is 17.8 Å². The molecule has 11 heteroatoms. The van der Waals surface area contributed by atoms with Crippen molar-refractivity contribution in [3.63, 3.8) is 0 Å². The second kappa shape index (κ2) is 12.1. The Morgan fingerprint density at radius 1 is 1.24 bits per heavy atom. The van der Waals surface area contributed by atoms with Crippen LogP contribution in [-0.2, 0) is 30.3 Å². The van der Waals surface area contributed by atoms with Gasteiger partial charge in [-0.15, -0.1) is 10.2 Å². The minimum Gasteiger partial charge on any atom is -0.464 e. The fraction of sp³-hybridized carbons (Fsp3) is 0.818. The van der Waals surface area contributed by atoms with Gasteiger partial charge >= 0.3 is 11.9 Å². The maximum Gasteiger partial charge on any atom is 0.328 e. The zero-order valence-corrected chi connectivity index (χ0v) is 19.6. The van der Waals surface area contributed by atoms with Crippen molar-refractivity contribution in [1.29, 1.82) is 0 Å². The molecule has 184 valence electrons. The van der Waals surface area contributed by atoms with E-state index in [-0.39, 0.29) is 18.9 Å². The first kappa shape index (κ1) is 23.6. The Labute approximate surface area is 195 Å². The molecule has 2 fully saturated rings. The average molecular weight is 466 g/mol. The summed E-state index contributed by atoms with van der Waals surface area (Å²) in [7, 11) is 0. The number of H-pyrrole nitrogens is 1. The van der Waals surface area contributed by atoms with Gasteiger partial charge in [-0.2, -0.15) is 5.21 Å². The Bertz CT molecular complexity index is 840. The molecule has 1 aliphatic carbocycles. The largest absolute Gasteiger partial charge is 0.464 e. The summed E-state index contributed by atoms with van der Waals surface area (Å²) in [4.78, 5) is 36.7. The van der Waals surface area contributed by atoms with E-state index in [0.717, 1.165) is 32.1 Å². The molecule has 1 aromatic heterocycles. The van der Waals surface area contributed by atoms with E-state index in [1.165, 1.54) is 6.92 Å². The number of ether oxygens (including phenoxy) is 2. The average Bonchev–Trinajstić information content (AvgIpc) is 3.31. The van der Waals surface area contributed by atoms with Gasteiger partial charge in [0.25, 0.3) is 0 Å². The van der Waals surface area contributed by atoms with Crippen LogP contribution in [0.3, 0.4) is 0 Å². The number of nitrogens with zero attached hydrogens (tertiary/aromatic N) is 3. The number of hydrogen-bond donors (Lipinski definition) is 3. The maximum atomic E-state index is 12.9. The van der Waals surface area contributed by atoms with Gasteiger partial charge in [-0.1, -0.05) is 11.6 Å². The smallest absolute Gasteiger partial charge is 0.328 e. The van der Waals surface area contributed by atoms with Gasteiger partial charge in [0.15, 0.2) is 5.82 Å². The summed E-state index contributed by atoms with van der Waals surface area (Å²) < 4.78 is 19.1. The summed E-state index contributed by atoms with van der Waals surface area (Å²) in [6, 6.07) is -2.31. The van der Waals surface area contributed by atoms with Crippen molar-refractivity contribution in [2.45, 2.75) is 83.9 Å². The van der Waals surface area contributed by atoms with Gasteiger partial charge in [-0.3, -0.25) is 9.59 Å². The Kier molecular flexibility index (Phi) is 8.62. The zero-order valence-electron chi connectivity index (χ0n) is 20.6. The molecule has 33 heavy (non-hydrogen) atoms. The van der Waals surface area contributed by atoms with Gasteiger partial charge in [0.1, 0.15) is 18.2 Å². The second-order valence-corrected chi connectivity index (χ2v) is 9.09. The summed E-state index contributed by atoms with van der Waals surface area (Å²) in [6.45, 7) is 5.67. The standard InChI is InChI=1S/C22H36N6O5/c1-4-32-21(30)14(3)24-20(29)9-13(2)33-22(31)18-11-17-10-15(5-7-16(17)12-23-18)6-8-19-25-27-28-26-19/h13-18,23H,4-12H2,1-3H3,(H,24,29)(H,25,26,27,28)/t13-,14-,15-,16+,17-,18+/m1/s1/i18D. The molecular formula is C22H36N6O5. The highest BCUT2D eigenvalue weighted by molar-refractivity contribution is 5.84. The van der Waals surface area contributed by atoms with Crippen LogP contribution in [0.25, 0.3) is 0 Å². The van der Waals surface area contributed by atoms with Crippen LogP contribution < -0.4 is 10.6 Å². The molecule has 0 spiro atoms. The third kappa shape index (κ3) is 7.48. The molecule has 0 radical (unpaired) electrons. The van der Waals surface area contributed by atoms with E-state index in [1.807, 2.05) is 0 Å². The molecule has 3 rings (SSSR count). The quantitative estimate of drug-likeness (QED) is 0.429. The van der Waals surface area contributed by atoms with Crippen molar-refractivity contribution in [1.82, 2.24) is 31.3 Å². The highest BCUT2D eigenvalue weighted by Gasteiger charge is 2.38. The molecule has 1 aromatic rings. The molecule has 0 aromatic carbocycles. The summed E-state index contributed by atoms with van der Waals surface area (Å²) in [5.41, 5.74) is 0. The van der Waals surface area contributed by atoms with E-state index in [9.17, 15) is 14.4 Å². The molecular weight excluding hydrogens is 428 g/mol. The number of piperidine rings is 1. The van der Waals surface area contributed by atoms with Crippen LogP contribution in [0.2, 0.25) is 0 Å². The van der Waals surface area contributed by atoms with Crippen LogP contribution in [-0.4, -0.2) is 69.8 Å². The van der Waals surface area contributed by atoms with Crippen molar-refractivity contribution in [3.8, 4) is 0 Å². The highest BCUT2D eigenvalue weighted by atomic mass is 16.5. The number of nitrogens with one attached hydrogen (secondary N) is 3. The summed E-state index contributed by atoms with van der Waals surface area (Å²) in [6.07, 6.45) is 4.42. The minimum absolute atomic E-state index is 0.101. The monoisotopic (exact) mass is 465 g/mol. The molecule has 3 N–H and O–H groups in total. The Morgan fingerprint density at radius 3 is 2.79 bits per heavy atom. The number of rotatable bonds is 10. The molecule has 11 nitrogen and oxygen atoms in total. The third-order valence-electron chi connectivity index (χ3n) is 6.50. The lowest BCUT2D eigenvalue weighted by atomic mass is 9.69. The van der Waals surface area contributed by atoms with Gasteiger partial charge in [0.2, 0.25) is 5.91 Å². The number of hydrogen-bond acceptors (Lipinski definition) is 9. The molecule has 2 aliphatic rings. The number of aromatic amines is 1. The number of fused-ring (bicyclic) bond motifs is 1. The molecule has 0 bridgehead atoms. The number of carbonyl (C=O) groups is 3. The first-order valence-corrected chi connectivity index (χ1v) is 11.8. The van der Waals surface area contributed by atoms with Crippen LogP contribution in [0, 0.1) is 17.8 Å². The van der Waals surface area contributed by atoms with E-state index >= 15 is 0 Å². The van der Waals surface area contributed by atoms with Crippen LogP contribution in [0.5, 0.6) is 0 Å². The fourth-order valence-corrected chi connectivity index (χ4v) is 4.75. The molecule has 1 aliphatic heterocycles. The lowest BCUT2D eigenvalue weighted by Crippen LogP contribution is -2.50. The van der Waals surface area contributed by atoms with Crippen LogP contribution >= 0.6 is 0 Å². The van der Waals surface area contributed by atoms with Crippen molar-refractivity contribution in [3.05, 3.63) is 5.82 Å². The number of aryl methyl sites for hydroxylation is 1. The topological polar surface area (TPSA) is 148 Å². The van der Waals surface area contributed by atoms with E-state index in [2.05, 4.69) is 31.3 Å². The Balaban J connectivity index is 1.46. The van der Waals surface area contributed by atoms with Gasteiger partial charge < -0.3 is 20.1 Å². The first-order valence-electron chi connectivity index (χ1n) is 12.3. The van der Waals surface area contributed by atoms with Gasteiger partial charge in [0, 0.05) is 6.42 Å². The predicted molar refractivity (Wildman–Crippen MR) is 118 cm³/mol. The predicted octanol–water partition coefficient (Wildman–Crippen LogP) is 0.916. The van der Waals surface area contributed by atoms with Crippen LogP contribution in [0.4, 0.5) is 0 Å². The molecule has 1 amide bonds. The number of tetrazole rings is 1. The fourth-order valence-electron chi connectivity index (χ4n) is 4.75. The second-order valence-electron chi connectivity index (χ2n) is 9.09. The maximum absolute atomic E-state index is 12.9. The molecule has 2 heterocycles. The zero-order chi connectivity index (χ0) is 24.7. The van der Waals surface area contributed by atoms with E-state index in [1.54, 1.807) is 13.8 Å². The van der Waals surface area contributed by atoms with Crippen molar-refractivity contribution < 1.29 is 25.2 Å². The highest BCUT2D eigenvalue weighted by Crippen LogP contribution is 2.40. The van der Waals surface area contributed by atoms with E-state index in [4.69, 9.17) is 10.8 Å². The summed E-state index contributed by atoms with van der Waals surface area (Å²) in [5, 5.41) is 19.7. The first-order chi connectivity index (χ1) is 16.2. The molecule has 0 unspecified atom stereocenters. The van der Waals surface area contributed by atoms with Gasteiger partial charge in [-0.05, 0) is 70.8 Å². The van der Waals surface area contributed by atoms with Crippen LogP contribution in [0.1, 0.15) is 66.5 Å². The lowest BCUT2D eigenvalue weighted by molar-refractivity contribution is -0.154. The molecule has 1 saturated carbocycles. The third-order valence-corrected chi connectivity index (χ3v) is 6.50. The number of esters is 2. The molecule has 6 atom stereocenters. The number of aromatic nitrogens is 4. The van der Waals surface area contributed by atoms with Gasteiger partial charge in [0.05, 0.1) is 14.4 Å². The van der Waals surface area contributed by atoms with Gasteiger partial charge in [-0.25, -0.2) is 4.79 Å². The normalized spacial score (nSPS) is 29.2.